The summed E-state index contributed by atoms with van der Waals surface area (Å²) in [5.41, 5.74) is 4.84. The number of carbonyl (C=O) groups excluding carboxylic acids is 3. The quantitative estimate of drug-likeness (QED) is 0.411. The standard InChI is InChI=1S/C30H25N3O6/c1-37-30(36)19-6-4-5-17(11-19)28(18-9-10-25-26(12-18)39-16-38-25)33-15-27(34)32-14-23-21(13-24(32)29(33)35)20-7-2-3-8-22(20)31-23/h2-12,24,28,31H,13-16H2,1H3/t24-,28?/m1/s1. The number of amides is 2. The number of ether oxygens (including phenoxy) is 3. The molecule has 4 aromatic rings. The van der Waals surface area contributed by atoms with Gasteiger partial charge in [0.25, 0.3) is 0 Å². The maximum atomic E-state index is 14.2. The summed E-state index contributed by atoms with van der Waals surface area (Å²) in [5, 5.41) is 1.07. The second kappa shape index (κ2) is 8.90. The van der Waals surface area contributed by atoms with Crippen LogP contribution in [-0.2, 0) is 27.3 Å². The van der Waals surface area contributed by atoms with Gasteiger partial charge in [0.15, 0.2) is 11.5 Å². The fraction of sp³-hybridized carbons (Fsp3) is 0.233. The van der Waals surface area contributed by atoms with Crippen LogP contribution in [0.2, 0.25) is 0 Å². The second-order valence-electron chi connectivity index (χ2n) is 9.97. The summed E-state index contributed by atoms with van der Waals surface area (Å²) in [6, 6.07) is 19.2. The third-order valence-electron chi connectivity index (χ3n) is 7.85. The minimum Gasteiger partial charge on any atom is -0.465 e. The van der Waals surface area contributed by atoms with E-state index in [4.69, 9.17) is 14.2 Å². The number of carbonyl (C=O) groups is 3. The normalized spacial score (nSPS) is 18.6. The second-order valence-corrected chi connectivity index (χ2v) is 9.97. The summed E-state index contributed by atoms with van der Waals surface area (Å²) < 4.78 is 16.0. The van der Waals surface area contributed by atoms with Crippen molar-refractivity contribution in [2.45, 2.75) is 25.0 Å². The maximum absolute atomic E-state index is 14.2. The number of nitrogens with one attached hydrogen (secondary N) is 1. The fourth-order valence-electron chi connectivity index (χ4n) is 6.00. The van der Waals surface area contributed by atoms with Crippen molar-refractivity contribution in [2.24, 2.45) is 0 Å². The molecule has 0 radical (unpaired) electrons. The average Bonchev–Trinajstić information content (AvgIpc) is 3.58. The molecule has 2 atom stereocenters. The largest absolute Gasteiger partial charge is 0.465 e. The lowest BCUT2D eigenvalue weighted by atomic mass is 9.90. The van der Waals surface area contributed by atoms with Crippen LogP contribution in [0.1, 0.15) is 38.8 Å². The number of para-hydroxylation sites is 1. The Kier molecular flexibility index (Phi) is 5.33. The minimum absolute atomic E-state index is 0.0908. The third kappa shape index (κ3) is 3.72. The highest BCUT2D eigenvalue weighted by molar-refractivity contribution is 5.97. The molecule has 0 spiro atoms. The van der Waals surface area contributed by atoms with Gasteiger partial charge in [-0.05, 0) is 47.0 Å². The maximum Gasteiger partial charge on any atom is 0.337 e. The Balaban J connectivity index is 1.31. The van der Waals surface area contributed by atoms with Crippen molar-refractivity contribution in [3.63, 3.8) is 0 Å². The average molecular weight is 524 g/mol. The van der Waals surface area contributed by atoms with Gasteiger partial charge in [-0.15, -0.1) is 0 Å². The molecule has 1 N–H and O–H groups in total. The van der Waals surface area contributed by atoms with E-state index in [1.807, 2.05) is 42.5 Å². The molecule has 196 valence electrons. The van der Waals surface area contributed by atoms with Crippen LogP contribution >= 0.6 is 0 Å². The molecule has 0 bridgehead atoms. The zero-order valence-corrected chi connectivity index (χ0v) is 21.2. The van der Waals surface area contributed by atoms with Crippen molar-refractivity contribution in [3.05, 3.63) is 94.7 Å². The van der Waals surface area contributed by atoms with Gasteiger partial charge in [-0.3, -0.25) is 9.59 Å². The molecule has 9 heteroatoms. The lowest BCUT2D eigenvalue weighted by Gasteiger charge is -2.45. The molecule has 3 aromatic carbocycles. The predicted molar refractivity (Wildman–Crippen MR) is 140 cm³/mol. The van der Waals surface area contributed by atoms with Gasteiger partial charge >= 0.3 is 5.97 Å². The summed E-state index contributed by atoms with van der Waals surface area (Å²) in [5.74, 6) is 0.440. The molecular formula is C30H25N3O6. The van der Waals surface area contributed by atoms with Crippen LogP contribution in [0.3, 0.4) is 0 Å². The third-order valence-corrected chi connectivity index (χ3v) is 7.85. The molecule has 3 aliphatic rings. The van der Waals surface area contributed by atoms with Crippen molar-refractivity contribution < 1.29 is 28.6 Å². The molecule has 4 heterocycles. The van der Waals surface area contributed by atoms with Gasteiger partial charge < -0.3 is 29.0 Å². The van der Waals surface area contributed by atoms with Gasteiger partial charge in [-0.1, -0.05) is 36.4 Å². The number of hydrogen-bond acceptors (Lipinski definition) is 6. The number of methoxy groups -OCH3 is 1. The number of nitrogens with zero attached hydrogens (tertiary/aromatic N) is 2. The molecular weight excluding hydrogens is 498 g/mol. The van der Waals surface area contributed by atoms with E-state index in [-0.39, 0.29) is 25.2 Å². The molecule has 1 fully saturated rings. The first-order valence-electron chi connectivity index (χ1n) is 12.8. The SMILES string of the molecule is COC(=O)c1cccc(C(c2ccc3c(c2)OCO3)N2CC(=O)N3Cc4[nH]c5ccccc5c4C[C@@H]3C2=O)c1. The Morgan fingerprint density at radius 2 is 1.79 bits per heavy atom. The number of benzene rings is 3. The molecule has 2 amide bonds. The smallest absolute Gasteiger partial charge is 0.337 e. The number of hydrogen-bond donors (Lipinski definition) is 1. The Morgan fingerprint density at radius 1 is 0.974 bits per heavy atom. The highest BCUT2D eigenvalue weighted by atomic mass is 16.7. The highest BCUT2D eigenvalue weighted by Gasteiger charge is 2.45. The Bertz CT molecular complexity index is 1660. The minimum atomic E-state index is -0.632. The van der Waals surface area contributed by atoms with E-state index in [0.717, 1.165) is 27.7 Å². The number of rotatable bonds is 4. The topological polar surface area (TPSA) is 101 Å². The number of H-pyrrole nitrogens is 1. The number of piperazine rings is 1. The summed E-state index contributed by atoms with van der Waals surface area (Å²) in [7, 11) is 1.33. The summed E-state index contributed by atoms with van der Waals surface area (Å²) >= 11 is 0. The monoisotopic (exact) mass is 523 g/mol. The van der Waals surface area contributed by atoms with Crippen molar-refractivity contribution in [2.75, 3.05) is 20.4 Å². The first kappa shape index (κ1) is 23.3. The van der Waals surface area contributed by atoms with Crippen molar-refractivity contribution in [3.8, 4) is 11.5 Å². The first-order chi connectivity index (χ1) is 19.0. The molecule has 9 nitrogen and oxygen atoms in total. The van der Waals surface area contributed by atoms with Crippen LogP contribution in [-0.4, -0.2) is 59.1 Å². The number of aromatic nitrogens is 1. The number of fused-ring (bicyclic) bond motifs is 5. The van der Waals surface area contributed by atoms with Gasteiger partial charge in [-0.25, -0.2) is 4.79 Å². The summed E-state index contributed by atoms with van der Waals surface area (Å²) in [6.45, 7) is 0.387. The van der Waals surface area contributed by atoms with Crippen LogP contribution in [0.4, 0.5) is 0 Å². The Morgan fingerprint density at radius 3 is 2.67 bits per heavy atom. The lowest BCUT2D eigenvalue weighted by Crippen LogP contribution is -2.62. The van der Waals surface area contributed by atoms with Gasteiger partial charge in [0.1, 0.15) is 12.6 Å². The molecule has 7 rings (SSSR count). The lowest BCUT2D eigenvalue weighted by molar-refractivity contribution is -0.158. The molecule has 1 aromatic heterocycles. The van der Waals surface area contributed by atoms with Crippen LogP contribution in [0.25, 0.3) is 10.9 Å². The molecule has 3 aliphatic heterocycles. The molecule has 1 saturated heterocycles. The zero-order chi connectivity index (χ0) is 26.7. The summed E-state index contributed by atoms with van der Waals surface area (Å²) in [4.78, 5) is 46.9. The number of esters is 1. The zero-order valence-electron chi connectivity index (χ0n) is 21.2. The van der Waals surface area contributed by atoms with E-state index in [0.29, 0.717) is 35.6 Å². The van der Waals surface area contributed by atoms with E-state index in [1.165, 1.54) is 7.11 Å². The van der Waals surface area contributed by atoms with E-state index in [1.54, 1.807) is 34.1 Å². The number of aromatic amines is 1. The highest BCUT2D eigenvalue weighted by Crippen LogP contribution is 2.40. The predicted octanol–water partition coefficient (Wildman–Crippen LogP) is 3.57. The van der Waals surface area contributed by atoms with Crippen molar-refractivity contribution in [1.29, 1.82) is 0 Å². The molecule has 1 unspecified atom stereocenters. The molecule has 0 aliphatic carbocycles. The van der Waals surface area contributed by atoms with Gasteiger partial charge in [0.05, 0.1) is 25.3 Å². The van der Waals surface area contributed by atoms with Crippen LogP contribution in [0.15, 0.2) is 66.7 Å². The van der Waals surface area contributed by atoms with Gasteiger partial charge in [0, 0.05) is 23.0 Å². The van der Waals surface area contributed by atoms with E-state index in [9.17, 15) is 14.4 Å². The van der Waals surface area contributed by atoms with Crippen LogP contribution in [0, 0.1) is 0 Å². The first-order valence-corrected chi connectivity index (χ1v) is 12.8. The van der Waals surface area contributed by atoms with E-state index in [2.05, 4.69) is 4.98 Å². The molecule has 39 heavy (non-hydrogen) atoms. The van der Waals surface area contributed by atoms with Crippen molar-refractivity contribution in [1.82, 2.24) is 14.8 Å². The Labute approximate surface area is 223 Å². The molecule has 0 saturated carbocycles. The van der Waals surface area contributed by atoms with E-state index < -0.39 is 18.1 Å². The fourth-order valence-corrected chi connectivity index (χ4v) is 6.00. The van der Waals surface area contributed by atoms with Gasteiger partial charge in [-0.2, -0.15) is 0 Å². The van der Waals surface area contributed by atoms with Crippen LogP contribution < -0.4 is 9.47 Å². The van der Waals surface area contributed by atoms with Gasteiger partial charge in [0.2, 0.25) is 18.6 Å². The van der Waals surface area contributed by atoms with Crippen LogP contribution in [0.5, 0.6) is 11.5 Å². The van der Waals surface area contributed by atoms with Crippen molar-refractivity contribution >= 4 is 28.7 Å². The summed E-state index contributed by atoms with van der Waals surface area (Å²) in [6.07, 6.45) is 0.427. The van der Waals surface area contributed by atoms with E-state index >= 15 is 0 Å². The Hall–Kier alpha value is -4.79.